The summed E-state index contributed by atoms with van der Waals surface area (Å²) in [6.07, 6.45) is 5.03. The van der Waals surface area contributed by atoms with Crippen LogP contribution < -0.4 is 0 Å². The van der Waals surface area contributed by atoms with Gasteiger partial charge in [0.25, 0.3) is 0 Å². The summed E-state index contributed by atoms with van der Waals surface area (Å²) in [6.45, 7) is 2.03. The third-order valence-electron chi connectivity index (χ3n) is 2.47. The van der Waals surface area contributed by atoms with Gasteiger partial charge in [-0.25, -0.2) is 0 Å². The van der Waals surface area contributed by atoms with Crippen LogP contribution in [0.4, 0.5) is 0 Å². The quantitative estimate of drug-likeness (QED) is 0.726. The fourth-order valence-electron chi connectivity index (χ4n) is 1.67. The van der Waals surface area contributed by atoms with Crippen LogP contribution in [-0.4, -0.2) is 5.78 Å². The number of carbonyl (C=O) groups is 1. The van der Waals surface area contributed by atoms with Crippen LogP contribution in [0.3, 0.4) is 0 Å². The molecule has 0 aliphatic heterocycles. The van der Waals surface area contributed by atoms with E-state index < -0.39 is 0 Å². The zero-order valence-electron chi connectivity index (χ0n) is 9.27. The molecule has 0 atom stereocenters. The predicted octanol–water partition coefficient (Wildman–Crippen LogP) is 3.98. The van der Waals surface area contributed by atoms with E-state index in [0.717, 1.165) is 12.0 Å². The molecule has 1 nitrogen and oxygen atoms in total. The van der Waals surface area contributed by atoms with Gasteiger partial charge < -0.3 is 0 Å². The summed E-state index contributed by atoms with van der Waals surface area (Å²) in [6, 6.07) is 8.22. The van der Waals surface area contributed by atoms with Gasteiger partial charge in [0.2, 0.25) is 0 Å². The molecule has 82 valence electrons. The van der Waals surface area contributed by atoms with E-state index in [0.29, 0.717) is 6.42 Å². The Labute approximate surface area is 99.4 Å². The van der Waals surface area contributed by atoms with E-state index in [-0.39, 0.29) is 5.78 Å². The van der Waals surface area contributed by atoms with Gasteiger partial charge in [-0.2, -0.15) is 0 Å². The van der Waals surface area contributed by atoms with Crippen LogP contribution in [0.15, 0.2) is 41.8 Å². The first-order valence-electron chi connectivity index (χ1n) is 5.45. The molecule has 0 bridgehead atoms. The normalized spacial score (nSPS) is 11.3. The van der Waals surface area contributed by atoms with E-state index in [1.54, 1.807) is 17.4 Å². The highest BCUT2D eigenvalue weighted by molar-refractivity contribution is 7.17. The second-order valence-corrected chi connectivity index (χ2v) is 4.62. The Bertz CT molecular complexity index is 522. The highest BCUT2D eigenvalue weighted by atomic mass is 32.1. The van der Waals surface area contributed by atoms with Crippen molar-refractivity contribution in [3.05, 3.63) is 47.4 Å². The monoisotopic (exact) mass is 230 g/mol. The van der Waals surface area contributed by atoms with Gasteiger partial charge in [-0.05, 0) is 34.9 Å². The van der Waals surface area contributed by atoms with Crippen LogP contribution in [0.5, 0.6) is 0 Å². The molecule has 0 aliphatic carbocycles. The Kier molecular flexibility index (Phi) is 3.52. The van der Waals surface area contributed by atoms with Gasteiger partial charge in [0.05, 0.1) is 0 Å². The zero-order chi connectivity index (χ0) is 11.4. The largest absolute Gasteiger partial charge is 0.294 e. The van der Waals surface area contributed by atoms with Crippen LogP contribution in [-0.2, 0) is 11.2 Å². The standard InChI is InChI=1S/C14H14OS/c1-2-3-6-12(15)9-11-10-16-14-8-5-4-7-13(11)14/h3-8,10H,2,9H2,1H3/b6-3+. The first kappa shape index (κ1) is 11.1. The van der Waals surface area contributed by atoms with Crippen LogP contribution in [0, 0.1) is 0 Å². The van der Waals surface area contributed by atoms with Crippen molar-refractivity contribution >= 4 is 27.2 Å². The van der Waals surface area contributed by atoms with Crippen LogP contribution in [0.2, 0.25) is 0 Å². The van der Waals surface area contributed by atoms with Gasteiger partial charge in [0.1, 0.15) is 0 Å². The number of ketones is 1. The van der Waals surface area contributed by atoms with Crippen molar-refractivity contribution in [2.24, 2.45) is 0 Å². The molecular weight excluding hydrogens is 216 g/mol. The lowest BCUT2D eigenvalue weighted by molar-refractivity contribution is -0.114. The number of benzene rings is 1. The van der Waals surface area contributed by atoms with Gasteiger partial charge in [-0.1, -0.05) is 31.2 Å². The van der Waals surface area contributed by atoms with Crippen LogP contribution in [0.1, 0.15) is 18.9 Å². The average molecular weight is 230 g/mol. The molecule has 1 aromatic heterocycles. The molecule has 0 aliphatic rings. The maximum Gasteiger partial charge on any atom is 0.159 e. The molecule has 2 aromatic rings. The van der Waals surface area contributed by atoms with E-state index in [1.165, 1.54) is 10.1 Å². The molecule has 1 heterocycles. The topological polar surface area (TPSA) is 17.1 Å². The van der Waals surface area contributed by atoms with Gasteiger partial charge in [0, 0.05) is 11.1 Å². The number of rotatable bonds is 4. The predicted molar refractivity (Wildman–Crippen MR) is 70.0 cm³/mol. The summed E-state index contributed by atoms with van der Waals surface area (Å²) >= 11 is 1.70. The van der Waals surface area contributed by atoms with Gasteiger partial charge in [-0.3, -0.25) is 4.79 Å². The summed E-state index contributed by atoms with van der Waals surface area (Å²) < 4.78 is 1.25. The van der Waals surface area contributed by atoms with E-state index in [4.69, 9.17) is 0 Å². The lowest BCUT2D eigenvalue weighted by atomic mass is 10.1. The number of hydrogen-bond donors (Lipinski definition) is 0. The summed E-state index contributed by atoms with van der Waals surface area (Å²) in [5, 5.41) is 3.30. The smallest absolute Gasteiger partial charge is 0.159 e. The minimum absolute atomic E-state index is 0.186. The number of carbonyl (C=O) groups excluding carboxylic acids is 1. The van der Waals surface area contributed by atoms with Crippen LogP contribution in [0.25, 0.3) is 10.1 Å². The van der Waals surface area contributed by atoms with Crippen LogP contribution >= 0.6 is 11.3 Å². The molecule has 0 radical (unpaired) electrons. The number of allylic oxidation sites excluding steroid dienone is 2. The first-order valence-corrected chi connectivity index (χ1v) is 6.33. The number of fused-ring (bicyclic) bond motifs is 1. The van der Waals surface area contributed by atoms with Crippen molar-refractivity contribution in [3.8, 4) is 0 Å². The van der Waals surface area contributed by atoms with E-state index in [1.807, 2.05) is 25.1 Å². The van der Waals surface area contributed by atoms with E-state index >= 15 is 0 Å². The maximum atomic E-state index is 11.6. The van der Waals surface area contributed by atoms with Gasteiger partial charge in [-0.15, -0.1) is 11.3 Å². The molecule has 0 amide bonds. The summed E-state index contributed by atoms with van der Waals surface area (Å²) in [5.41, 5.74) is 1.14. The zero-order valence-corrected chi connectivity index (χ0v) is 10.1. The highest BCUT2D eigenvalue weighted by Gasteiger charge is 2.06. The number of hydrogen-bond acceptors (Lipinski definition) is 2. The molecular formula is C14H14OS. The molecule has 0 spiro atoms. The molecule has 16 heavy (non-hydrogen) atoms. The molecule has 0 fully saturated rings. The Morgan fingerprint density at radius 2 is 2.19 bits per heavy atom. The second kappa shape index (κ2) is 5.08. The summed E-state index contributed by atoms with van der Waals surface area (Å²) in [5.74, 6) is 0.186. The molecule has 2 rings (SSSR count). The highest BCUT2D eigenvalue weighted by Crippen LogP contribution is 2.26. The fourth-order valence-corrected chi connectivity index (χ4v) is 2.63. The average Bonchev–Trinajstić information content (AvgIpc) is 2.70. The molecule has 0 N–H and O–H groups in total. The minimum atomic E-state index is 0.186. The van der Waals surface area contributed by atoms with Crippen molar-refractivity contribution in [2.45, 2.75) is 19.8 Å². The molecule has 0 saturated carbocycles. The first-order chi connectivity index (χ1) is 7.81. The Morgan fingerprint density at radius 1 is 1.38 bits per heavy atom. The lowest BCUT2D eigenvalue weighted by Crippen LogP contribution is -1.97. The molecule has 1 aromatic carbocycles. The number of thiophene rings is 1. The van der Waals surface area contributed by atoms with E-state index in [2.05, 4.69) is 17.5 Å². The van der Waals surface area contributed by atoms with Crippen molar-refractivity contribution in [1.29, 1.82) is 0 Å². The summed E-state index contributed by atoms with van der Waals surface area (Å²) in [4.78, 5) is 11.6. The second-order valence-electron chi connectivity index (χ2n) is 3.71. The Balaban J connectivity index is 2.21. The third kappa shape index (κ3) is 2.39. The van der Waals surface area contributed by atoms with Gasteiger partial charge in [0.15, 0.2) is 5.78 Å². The maximum absolute atomic E-state index is 11.6. The Hall–Kier alpha value is -1.41. The van der Waals surface area contributed by atoms with E-state index in [9.17, 15) is 4.79 Å². The third-order valence-corrected chi connectivity index (χ3v) is 3.48. The minimum Gasteiger partial charge on any atom is -0.294 e. The SMILES string of the molecule is CC/C=C/C(=O)Cc1csc2ccccc12. The van der Waals surface area contributed by atoms with Crippen molar-refractivity contribution in [2.75, 3.05) is 0 Å². The molecule has 0 saturated heterocycles. The molecule has 0 unspecified atom stereocenters. The van der Waals surface area contributed by atoms with Crippen molar-refractivity contribution in [3.63, 3.8) is 0 Å². The Morgan fingerprint density at radius 3 is 3.00 bits per heavy atom. The fraction of sp³-hybridized carbons (Fsp3) is 0.214. The van der Waals surface area contributed by atoms with Crippen molar-refractivity contribution in [1.82, 2.24) is 0 Å². The lowest BCUT2D eigenvalue weighted by Gasteiger charge is -1.95. The van der Waals surface area contributed by atoms with Crippen molar-refractivity contribution < 1.29 is 4.79 Å². The summed E-state index contributed by atoms with van der Waals surface area (Å²) in [7, 11) is 0. The molecule has 2 heteroatoms. The van der Waals surface area contributed by atoms with Gasteiger partial charge >= 0.3 is 0 Å².